The first-order valence-corrected chi connectivity index (χ1v) is 2.28. The molecular weight excluding hydrogens is 112 g/mol. The lowest BCUT2D eigenvalue weighted by atomic mass is 10.7. The van der Waals surface area contributed by atoms with Gasteiger partial charge in [0.1, 0.15) is 11.0 Å². The summed E-state index contributed by atoms with van der Waals surface area (Å²) in [6.07, 6.45) is 1.52. The second kappa shape index (κ2) is 1.54. The van der Waals surface area contributed by atoms with Gasteiger partial charge in [0.15, 0.2) is 0 Å². The Morgan fingerprint density at radius 2 is 2.43 bits per heavy atom. The van der Waals surface area contributed by atoms with Crippen molar-refractivity contribution in [1.29, 1.82) is 0 Å². The normalized spacial score (nSPS) is 18.0. The lowest BCUT2D eigenvalue weighted by molar-refractivity contribution is 1.24. The molecule has 0 unspecified atom stereocenters. The molecule has 0 amide bonds. The van der Waals surface area contributed by atoms with E-state index in [9.17, 15) is 0 Å². The van der Waals surface area contributed by atoms with Gasteiger partial charge >= 0.3 is 0 Å². The van der Waals surface area contributed by atoms with Crippen molar-refractivity contribution in [2.24, 2.45) is 4.99 Å². The molecule has 0 saturated carbocycles. The Kier molecular flexibility index (Phi) is 1.02. The molecule has 1 heterocycles. The summed E-state index contributed by atoms with van der Waals surface area (Å²) in [7, 11) is 0. The van der Waals surface area contributed by atoms with Gasteiger partial charge < -0.3 is 0 Å². The van der Waals surface area contributed by atoms with Crippen LogP contribution in [0.3, 0.4) is 0 Å². The summed E-state index contributed by atoms with van der Waals surface area (Å²) in [5.41, 5.74) is 0. The largest absolute Gasteiger partial charge is 0.238 e. The molecule has 7 heavy (non-hydrogen) atoms. The van der Waals surface area contributed by atoms with E-state index < -0.39 is 0 Å². The first-order valence-electron chi connectivity index (χ1n) is 1.91. The molecule has 1 aliphatic rings. The van der Waals surface area contributed by atoms with Crippen LogP contribution in [0.2, 0.25) is 0 Å². The predicted octanol–water partition coefficient (Wildman–Crippen LogP) is 1.06. The Morgan fingerprint density at radius 1 is 1.71 bits per heavy atom. The van der Waals surface area contributed by atoms with Crippen molar-refractivity contribution in [3.05, 3.63) is 11.4 Å². The monoisotopic (exact) mass is 115 g/mol. The highest BCUT2D eigenvalue weighted by molar-refractivity contribution is 6.30. The van der Waals surface area contributed by atoms with Gasteiger partial charge in [0.2, 0.25) is 0 Å². The molecule has 0 saturated heterocycles. The number of nitrogens with zero attached hydrogens (tertiary/aromatic N) is 2. The molecule has 0 atom stereocenters. The standard InChI is InChI=1S/C4H4ClN2/c1-3-6-2-4(5)7-3/h2H,1H3. The van der Waals surface area contributed by atoms with Crippen LogP contribution in [0.5, 0.6) is 0 Å². The maximum atomic E-state index is 5.39. The molecule has 0 spiro atoms. The summed E-state index contributed by atoms with van der Waals surface area (Å²) in [6.45, 7) is 1.80. The SMILES string of the molecule is CC1=NC=C(Cl)[N]1. The van der Waals surface area contributed by atoms with E-state index in [2.05, 4.69) is 10.3 Å². The minimum Gasteiger partial charge on any atom is -0.238 e. The van der Waals surface area contributed by atoms with Crippen molar-refractivity contribution >= 4 is 17.4 Å². The van der Waals surface area contributed by atoms with Crippen LogP contribution in [0.15, 0.2) is 16.3 Å². The van der Waals surface area contributed by atoms with Crippen molar-refractivity contribution in [2.75, 3.05) is 0 Å². The maximum absolute atomic E-state index is 5.39. The van der Waals surface area contributed by atoms with E-state index in [1.807, 2.05) is 0 Å². The molecule has 37 valence electrons. The van der Waals surface area contributed by atoms with E-state index in [4.69, 9.17) is 11.6 Å². The van der Waals surface area contributed by atoms with Gasteiger partial charge in [-0.25, -0.2) is 10.3 Å². The first kappa shape index (κ1) is 4.65. The minimum atomic E-state index is 0.470. The van der Waals surface area contributed by atoms with Crippen LogP contribution < -0.4 is 5.32 Å². The summed E-state index contributed by atoms with van der Waals surface area (Å²) in [5, 5.41) is 4.24. The average molecular weight is 116 g/mol. The molecule has 2 nitrogen and oxygen atoms in total. The summed E-state index contributed by atoms with van der Waals surface area (Å²) < 4.78 is 0. The average Bonchev–Trinajstić information content (AvgIpc) is 1.87. The molecule has 0 bridgehead atoms. The van der Waals surface area contributed by atoms with Crippen molar-refractivity contribution in [3.8, 4) is 0 Å². The van der Waals surface area contributed by atoms with E-state index in [-0.39, 0.29) is 0 Å². The van der Waals surface area contributed by atoms with Crippen molar-refractivity contribution in [2.45, 2.75) is 6.92 Å². The molecule has 0 aromatic carbocycles. The van der Waals surface area contributed by atoms with E-state index in [1.54, 1.807) is 6.92 Å². The zero-order valence-electron chi connectivity index (χ0n) is 3.85. The Morgan fingerprint density at radius 3 is 2.57 bits per heavy atom. The van der Waals surface area contributed by atoms with Gasteiger partial charge in [0.05, 0.1) is 6.20 Å². The Hall–Kier alpha value is -0.500. The van der Waals surface area contributed by atoms with E-state index >= 15 is 0 Å². The molecule has 1 rings (SSSR count). The number of halogens is 1. The lowest BCUT2D eigenvalue weighted by Crippen LogP contribution is -2.01. The van der Waals surface area contributed by atoms with Gasteiger partial charge in [0, 0.05) is 0 Å². The number of aliphatic imine (C=N–C) groups is 1. The second-order valence-corrected chi connectivity index (χ2v) is 1.63. The van der Waals surface area contributed by atoms with Gasteiger partial charge in [0.25, 0.3) is 0 Å². The number of hydrogen-bond donors (Lipinski definition) is 0. The van der Waals surface area contributed by atoms with Crippen LogP contribution in [-0.4, -0.2) is 5.84 Å². The highest BCUT2D eigenvalue weighted by Crippen LogP contribution is 2.04. The lowest BCUT2D eigenvalue weighted by Gasteiger charge is -1.84. The Labute approximate surface area is 46.9 Å². The molecule has 1 radical (unpaired) electrons. The number of amidine groups is 1. The van der Waals surface area contributed by atoms with Crippen LogP contribution in [-0.2, 0) is 0 Å². The fourth-order valence-corrected chi connectivity index (χ4v) is 0.530. The number of rotatable bonds is 0. The van der Waals surface area contributed by atoms with Gasteiger partial charge in [-0.15, -0.1) is 0 Å². The van der Waals surface area contributed by atoms with Crippen LogP contribution in [0, 0.1) is 0 Å². The highest BCUT2D eigenvalue weighted by atomic mass is 35.5. The predicted molar refractivity (Wildman–Crippen MR) is 29.2 cm³/mol. The summed E-state index contributed by atoms with van der Waals surface area (Å²) in [5.74, 6) is 0.727. The molecular formula is C4H4ClN2. The third-order valence-corrected chi connectivity index (χ3v) is 0.809. The van der Waals surface area contributed by atoms with Crippen LogP contribution in [0.4, 0.5) is 0 Å². The molecule has 1 aliphatic heterocycles. The Balaban J connectivity index is 2.61. The quantitative estimate of drug-likeness (QED) is 0.422. The summed E-state index contributed by atoms with van der Waals surface area (Å²) in [6, 6.07) is 0. The molecule has 0 aliphatic carbocycles. The molecule has 0 fully saturated rings. The van der Waals surface area contributed by atoms with Gasteiger partial charge in [-0.3, -0.25) is 0 Å². The van der Waals surface area contributed by atoms with E-state index in [1.165, 1.54) is 6.20 Å². The topological polar surface area (TPSA) is 26.5 Å². The van der Waals surface area contributed by atoms with Gasteiger partial charge in [-0.2, -0.15) is 0 Å². The van der Waals surface area contributed by atoms with Crippen LogP contribution >= 0.6 is 11.6 Å². The minimum absolute atomic E-state index is 0.470. The zero-order valence-corrected chi connectivity index (χ0v) is 4.61. The van der Waals surface area contributed by atoms with Gasteiger partial charge in [-0.1, -0.05) is 11.6 Å². The van der Waals surface area contributed by atoms with Crippen molar-refractivity contribution in [3.63, 3.8) is 0 Å². The third-order valence-electron chi connectivity index (χ3n) is 0.627. The highest BCUT2D eigenvalue weighted by Gasteiger charge is 2.00. The van der Waals surface area contributed by atoms with Crippen molar-refractivity contribution < 1.29 is 0 Å². The molecule has 3 heteroatoms. The third kappa shape index (κ3) is 0.933. The fraction of sp³-hybridized carbons (Fsp3) is 0.250. The zero-order chi connectivity index (χ0) is 5.28. The molecule has 0 N–H and O–H groups in total. The summed E-state index contributed by atoms with van der Waals surface area (Å²) in [4.78, 5) is 3.77. The van der Waals surface area contributed by atoms with Crippen LogP contribution in [0.25, 0.3) is 0 Å². The van der Waals surface area contributed by atoms with Crippen LogP contribution in [0.1, 0.15) is 6.92 Å². The second-order valence-electron chi connectivity index (χ2n) is 1.24. The molecule has 0 aromatic heterocycles. The maximum Gasteiger partial charge on any atom is 0.149 e. The Bertz CT molecular complexity index is 121. The van der Waals surface area contributed by atoms with E-state index in [0.717, 1.165) is 5.84 Å². The van der Waals surface area contributed by atoms with Gasteiger partial charge in [-0.05, 0) is 6.92 Å². The first-order chi connectivity index (χ1) is 3.29. The number of hydrogen-bond acceptors (Lipinski definition) is 1. The smallest absolute Gasteiger partial charge is 0.149 e. The summed E-state index contributed by atoms with van der Waals surface area (Å²) >= 11 is 5.39. The fourth-order valence-electron chi connectivity index (χ4n) is 0.359. The molecule has 0 aromatic rings. The van der Waals surface area contributed by atoms with E-state index in [0.29, 0.717) is 5.16 Å². The van der Waals surface area contributed by atoms with Crippen molar-refractivity contribution in [1.82, 2.24) is 5.32 Å².